The zero-order chi connectivity index (χ0) is 18.6. The zero-order valence-corrected chi connectivity index (χ0v) is 14.4. The van der Waals surface area contributed by atoms with E-state index in [1.807, 2.05) is 18.3 Å². The van der Waals surface area contributed by atoms with Gasteiger partial charge in [0.25, 0.3) is 5.91 Å². The van der Waals surface area contributed by atoms with Crippen LogP contribution in [-0.4, -0.2) is 26.8 Å². The van der Waals surface area contributed by atoms with Crippen LogP contribution in [0.5, 0.6) is 0 Å². The lowest BCUT2D eigenvalue weighted by Gasteiger charge is -2.17. The molecular weight excluding hydrogens is 346 g/mol. The molecule has 2 aromatic heterocycles. The largest absolute Gasteiger partial charge is 0.444 e. The van der Waals surface area contributed by atoms with Gasteiger partial charge >= 0.3 is 6.09 Å². The van der Waals surface area contributed by atoms with E-state index in [0.29, 0.717) is 23.6 Å². The molecule has 1 aliphatic heterocycles. The molecule has 0 bridgehead atoms. The van der Waals surface area contributed by atoms with E-state index < -0.39 is 6.09 Å². The Hall–Kier alpha value is -3.68. The van der Waals surface area contributed by atoms with Crippen molar-refractivity contribution in [3.63, 3.8) is 0 Å². The van der Waals surface area contributed by atoms with Gasteiger partial charge in [0.1, 0.15) is 6.61 Å². The van der Waals surface area contributed by atoms with Crippen LogP contribution in [0.15, 0.2) is 55.0 Å². The molecular formula is C19H17N5O3. The number of hydrogen-bond donors (Lipinski definition) is 2. The molecule has 8 heteroatoms. The van der Waals surface area contributed by atoms with Crippen molar-refractivity contribution in [3.05, 3.63) is 71.7 Å². The number of anilines is 2. The summed E-state index contributed by atoms with van der Waals surface area (Å²) in [5.74, 6) is 0.214. The first-order chi connectivity index (χ1) is 13.2. The number of pyridine rings is 1. The third-order valence-corrected chi connectivity index (χ3v) is 4.22. The van der Waals surface area contributed by atoms with Gasteiger partial charge in [-0.25, -0.2) is 4.79 Å². The summed E-state index contributed by atoms with van der Waals surface area (Å²) in [6.07, 6.45) is 5.69. The zero-order valence-electron chi connectivity index (χ0n) is 14.4. The highest BCUT2D eigenvalue weighted by Crippen LogP contribution is 2.23. The Kier molecular flexibility index (Phi) is 4.52. The molecule has 3 heterocycles. The minimum Gasteiger partial charge on any atom is -0.444 e. The lowest BCUT2D eigenvalue weighted by atomic mass is 10.1. The van der Waals surface area contributed by atoms with Gasteiger partial charge in [0.15, 0.2) is 5.82 Å². The summed E-state index contributed by atoms with van der Waals surface area (Å²) in [5.41, 5.74) is 3.06. The smallest absolute Gasteiger partial charge is 0.411 e. The molecule has 4 rings (SSSR count). The number of carbonyl (C=O) groups is 2. The number of nitrogens with zero attached hydrogens (tertiary/aromatic N) is 3. The van der Waals surface area contributed by atoms with E-state index in [9.17, 15) is 9.59 Å². The van der Waals surface area contributed by atoms with Gasteiger partial charge < -0.3 is 10.1 Å². The van der Waals surface area contributed by atoms with Gasteiger partial charge in [-0.3, -0.25) is 19.8 Å². The van der Waals surface area contributed by atoms with Crippen molar-refractivity contribution in [2.75, 3.05) is 10.6 Å². The van der Waals surface area contributed by atoms with Crippen molar-refractivity contribution < 1.29 is 14.3 Å². The molecule has 27 heavy (non-hydrogen) atoms. The van der Waals surface area contributed by atoms with E-state index in [1.54, 1.807) is 41.3 Å². The summed E-state index contributed by atoms with van der Waals surface area (Å²) in [7, 11) is 0. The van der Waals surface area contributed by atoms with Gasteiger partial charge in [-0.15, -0.1) is 0 Å². The number of ether oxygens (including phenoxy) is 1. The molecule has 2 N–H and O–H groups in total. The quantitative estimate of drug-likeness (QED) is 0.726. The van der Waals surface area contributed by atoms with Crippen LogP contribution in [0.4, 0.5) is 16.3 Å². The number of nitrogens with one attached hydrogen (secondary N) is 2. The Balaban J connectivity index is 1.39. The number of amides is 2. The summed E-state index contributed by atoms with van der Waals surface area (Å²) in [4.78, 5) is 27.7. The van der Waals surface area contributed by atoms with Gasteiger partial charge in [0.05, 0.1) is 5.69 Å². The molecule has 1 aromatic carbocycles. The number of carbonyl (C=O) groups excluding carboxylic acids is 2. The normalized spacial score (nSPS) is 12.7. The van der Waals surface area contributed by atoms with Crippen molar-refractivity contribution in [1.82, 2.24) is 14.8 Å². The predicted octanol–water partition coefficient (Wildman–Crippen LogP) is 2.84. The molecule has 0 saturated heterocycles. The fraction of sp³-hybridized carbons (Fsp3) is 0.158. The molecule has 0 saturated carbocycles. The van der Waals surface area contributed by atoms with E-state index >= 15 is 0 Å². The number of aryl methyl sites for hydroxylation is 2. The van der Waals surface area contributed by atoms with E-state index in [-0.39, 0.29) is 12.5 Å². The second-order valence-electron chi connectivity index (χ2n) is 6.10. The van der Waals surface area contributed by atoms with E-state index in [1.165, 1.54) is 5.56 Å². The van der Waals surface area contributed by atoms with E-state index in [0.717, 1.165) is 12.0 Å². The predicted molar refractivity (Wildman–Crippen MR) is 98.4 cm³/mol. The van der Waals surface area contributed by atoms with Crippen LogP contribution in [0.2, 0.25) is 0 Å². The molecule has 3 aromatic rings. The molecule has 8 nitrogen and oxygen atoms in total. The number of fused-ring (bicyclic) bond motifs is 1. The number of benzene rings is 1. The first-order valence-corrected chi connectivity index (χ1v) is 8.48. The molecule has 2 amide bonds. The van der Waals surface area contributed by atoms with Crippen molar-refractivity contribution in [3.8, 4) is 0 Å². The number of aromatic nitrogens is 3. The lowest BCUT2D eigenvalue weighted by Crippen LogP contribution is -2.21. The van der Waals surface area contributed by atoms with Crippen molar-refractivity contribution in [2.24, 2.45) is 0 Å². The maximum atomic E-state index is 12.5. The van der Waals surface area contributed by atoms with Crippen molar-refractivity contribution in [1.29, 1.82) is 0 Å². The Morgan fingerprint density at radius 1 is 1.22 bits per heavy atom. The molecule has 136 valence electrons. The number of hydrogen-bond acceptors (Lipinski definition) is 5. The van der Waals surface area contributed by atoms with Crippen LogP contribution in [0, 0.1) is 0 Å². The third-order valence-electron chi connectivity index (χ3n) is 4.22. The van der Waals surface area contributed by atoms with Crippen LogP contribution >= 0.6 is 0 Å². The molecule has 0 aliphatic carbocycles. The van der Waals surface area contributed by atoms with Crippen LogP contribution in [0.25, 0.3) is 0 Å². The van der Waals surface area contributed by atoms with Gasteiger partial charge in [-0.05, 0) is 42.3 Å². The minimum atomic E-state index is -0.489. The van der Waals surface area contributed by atoms with Crippen molar-refractivity contribution in [2.45, 2.75) is 19.6 Å². The first kappa shape index (κ1) is 16.8. The summed E-state index contributed by atoms with van der Waals surface area (Å²) in [5, 5.41) is 9.75. The maximum absolute atomic E-state index is 12.5. The molecule has 0 unspecified atom stereocenters. The number of rotatable bonds is 5. The molecule has 0 spiro atoms. The highest BCUT2D eigenvalue weighted by atomic mass is 16.5. The van der Waals surface area contributed by atoms with Crippen LogP contribution in [0.1, 0.15) is 21.5 Å². The highest BCUT2D eigenvalue weighted by Gasteiger charge is 2.17. The highest BCUT2D eigenvalue weighted by molar-refractivity contribution is 6.04. The van der Waals surface area contributed by atoms with Gasteiger partial charge in [0.2, 0.25) is 0 Å². The Bertz CT molecular complexity index is 984. The third kappa shape index (κ3) is 3.95. The standard InChI is InChI=1S/C19H17N5O3/c25-18(14-1-2-16-15(11-14)12-27-19(26)21-16)22-17-6-10-24(23-17)9-5-13-3-7-20-8-4-13/h1-4,6-8,10-11H,5,9,12H2,(H,21,26)(H,22,23,25). The fourth-order valence-corrected chi connectivity index (χ4v) is 2.80. The van der Waals surface area contributed by atoms with Crippen LogP contribution in [-0.2, 0) is 24.3 Å². The van der Waals surface area contributed by atoms with Gasteiger partial charge in [0, 0.05) is 42.3 Å². The molecule has 1 aliphatic rings. The van der Waals surface area contributed by atoms with Crippen LogP contribution in [0.3, 0.4) is 0 Å². The van der Waals surface area contributed by atoms with Crippen LogP contribution < -0.4 is 10.6 Å². The average Bonchev–Trinajstić information content (AvgIpc) is 3.14. The van der Waals surface area contributed by atoms with E-state index in [2.05, 4.69) is 20.7 Å². The fourth-order valence-electron chi connectivity index (χ4n) is 2.80. The first-order valence-electron chi connectivity index (χ1n) is 8.48. The Morgan fingerprint density at radius 2 is 2.07 bits per heavy atom. The molecule has 0 atom stereocenters. The second kappa shape index (κ2) is 7.28. The number of cyclic esters (lactones) is 1. The minimum absolute atomic E-state index is 0.145. The topological polar surface area (TPSA) is 98.1 Å². The summed E-state index contributed by atoms with van der Waals surface area (Å²) < 4.78 is 6.71. The summed E-state index contributed by atoms with van der Waals surface area (Å²) in [6, 6.07) is 10.7. The second-order valence-corrected chi connectivity index (χ2v) is 6.10. The summed E-state index contributed by atoms with van der Waals surface area (Å²) in [6.45, 7) is 0.849. The SMILES string of the molecule is O=C1Nc2ccc(C(=O)Nc3ccn(CCc4ccncc4)n3)cc2CO1. The van der Waals surface area contributed by atoms with Gasteiger partial charge in [-0.1, -0.05) is 0 Å². The van der Waals surface area contributed by atoms with E-state index in [4.69, 9.17) is 4.74 Å². The maximum Gasteiger partial charge on any atom is 0.411 e. The average molecular weight is 363 g/mol. The van der Waals surface area contributed by atoms with Gasteiger partial charge in [-0.2, -0.15) is 5.10 Å². The molecule has 0 fully saturated rings. The Morgan fingerprint density at radius 3 is 2.93 bits per heavy atom. The monoisotopic (exact) mass is 363 g/mol. The molecule has 0 radical (unpaired) electrons. The summed E-state index contributed by atoms with van der Waals surface area (Å²) >= 11 is 0. The lowest BCUT2D eigenvalue weighted by molar-refractivity contribution is 0.102. The van der Waals surface area contributed by atoms with Crippen molar-refractivity contribution >= 4 is 23.5 Å². The Labute approximate surface area is 155 Å².